The summed E-state index contributed by atoms with van der Waals surface area (Å²) in [7, 11) is 0. The molecule has 0 unspecified atom stereocenters. The SMILES string of the molecule is CC(C)(Cc1ccccc1)NC[C@H](O)c1cc(OCc2ccccc2)cc2c1OCC(=O)N2.Cl. The lowest BCUT2D eigenvalue weighted by atomic mass is 9.94. The topological polar surface area (TPSA) is 79.8 Å². The fourth-order valence-corrected chi connectivity index (χ4v) is 3.93. The van der Waals surface area contributed by atoms with Crippen LogP contribution in [0.5, 0.6) is 11.5 Å². The number of anilines is 1. The maximum atomic E-state index is 11.9. The highest BCUT2D eigenvalue weighted by Crippen LogP contribution is 2.39. The van der Waals surface area contributed by atoms with Crippen molar-refractivity contribution in [2.75, 3.05) is 18.5 Å². The molecule has 1 atom stereocenters. The number of aliphatic hydroxyl groups excluding tert-OH is 1. The molecule has 0 fully saturated rings. The molecule has 3 aromatic rings. The van der Waals surface area contributed by atoms with Crippen molar-refractivity contribution in [3.8, 4) is 11.5 Å². The Morgan fingerprint density at radius 1 is 1.06 bits per heavy atom. The van der Waals surface area contributed by atoms with Crippen LogP contribution in [0.15, 0.2) is 72.8 Å². The Labute approximate surface area is 206 Å². The first-order valence-electron chi connectivity index (χ1n) is 11.1. The summed E-state index contributed by atoms with van der Waals surface area (Å²) >= 11 is 0. The summed E-state index contributed by atoms with van der Waals surface area (Å²) < 4.78 is 11.6. The number of rotatable bonds is 9. The molecule has 3 aromatic carbocycles. The fourth-order valence-electron chi connectivity index (χ4n) is 3.93. The quantitative estimate of drug-likeness (QED) is 0.413. The normalized spacial score (nSPS) is 13.7. The number of nitrogens with one attached hydrogen (secondary N) is 2. The first-order valence-corrected chi connectivity index (χ1v) is 11.1. The van der Waals surface area contributed by atoms with Gasteiger partial charge in [-0.15, -0.1) is 12.4 Å². The minimum Gasteiger partial charge on any atom is -0.489 e. The Balaban J connectivity index is 0.00000324. The summed E-state index contributed by atoms with van der Waals surface area (Å²) in [4.78, 5) is 11.9. The van der Waals surface area contributed by atoms with Gasteiger partial charge in [-0.05, 0) is 37.5 Å². The second-order valence-corrected chi connectivity index (χ2v) is 8.94. The Morgan fingerprint density at radius 3 is 2.38 bits per heavy atom. The third kappa shape index (κ3) is 6.73. The van der Waals surface area contributed by atoms with Gasteiger partial charge in [0.05, 0.1) is 11.8 Å². The van der Waals surface area contributed by atoms with Crippen molar-refractivity contribution in [2.24, 2.45) is 0 Å². The van der Waals surface area contributed by atoms with Crippen LogP contribution in [-0.4, -0.2) is 29.7 Å². The van der Waals surface area contributed by atoms with Gasteiger partial charge in [-0.25, -0.2) is 0 Å². The minimum atomic E-state index is -0.843. The van der Waals surface area contributed by atoms with E-state index in [1.807, 2.05) is 48.5 Å². The molecule has 7 heteroatoms. The number of benzene rings is 3. The number of fused-ring (bicyclic) bond motifs is 1. The van der Waals surface area contributed by atoms with Crippen molar-refractivity contribution in [2.45, 2.75) is 38.5 Å². The standard InChI is InChI=1S/C27H30N2O4.ClH/c1-27(2,15-19-9-5-3-6-10-19)28-16-24(30)22-13-21(32-17-20-11-7-4-8-12-20)14-23-26(22)33-18-25(31)29-23;/h3-14,24,28,30H,15-18H2,1-2H3,(H,29,31);1H/t24-;/m0./s1. The van der Waals surface area contributed by atoms with Gasteiger partial charge in [0.15, 0.2) is 6.61 Å². The number of hydrogen-bond acceptors (Lipinski definition) is 5. The third-order valence-electron chi connectivity index (χ3n) is 5.58. The zero-order valence-electron chi connectivity index (χ0n) is 19.4. The van der Waals surface area contributed by atoms with Crippen molar-refractivity contribution in [1.82, 2.24) is 5.32 Å². The van der Waals surface area contributed by atoms with Crippen LogP contribution in [0.4, 0.5) is 5.69 Å². The summed E-state index contributed by atoms with van der Waals surface area (Å²) in [5, 5.41) is 17.4. The van der Waals surface area contributed by atoms with E-state index in [-0.39, 0.29) is 30.5 Å². The fraction of sp³-hybridized carbons (Fsp3) is 0.296. The van der Waals surface area contributed by atoms with Crippen LogP contribution < -0.4 is 20.1 Å². The minimum absolute atomic E-state index is 0. The summed E-state index contributed by atoms with van der Waals surface area (Å²) in [5.74, 6) is 0.808. The summed E-state index contributed by atoms with van der Waals surface area (Å²) in [6.45, 7) is 4.85. The molecule has 1 aliphatic heterocycles. The second-order valence-electron chi connectivity index (χ2n) is 8.94. The predicted molar refractivity (Wildman–Crippen MR) is 136 cm³/mol. The Kier molecular flexibility index (Phi) is 8.56. The average Bonchev–Trinajstić information content (AvgIpc) is 2.81. The van der Waals surface area contributed by atoms with E-state index in [0.717, 1.165) is 12.0 Å². The van der Waals surface area contributed by atoms with Crippen LogP contribution >= 0.6 is 12.4 Å². The van der Waals surface area contributed by atoms with Gasteiger partial charge in [0, 0.05) is 23.7 Å². The molecule has 1 amide bonds. The van der Waals surface area contributed by atoms with Gasteiger partial charge in [-0.3, -0.25) is 4.79 Å². The molecule has 1 heterocycles. The van der Waals surface area contributed by atoms with Crippen molar-refractivity contribution >= 4 is 24.0 Å². The van der Waals surface area contributed by atoms with Crippen molar-refractivity contribution in [1.29, 1.82) is 0 Å². The van der Waals surface area contributed by atoms with Gasteiger partial charge >= 0.3 is 0 Å². The Morgan fingerprint density at radius 2 is 1.71 bits per heavy atom. The predicted octanol–water partition coefficient (Wildman–Crippen LogP) is 4.66. The number of amides is 1. The lowest BCUT2D eigenvalue weighted by Gasteiger charge is -2.29. The molecule has 0 aromatic heterocycles. The molecule has 180 valence electrons. The molecule has 0 spiro atoms. The number of β-amino-alcohol motifs (C(OH)–C–C–N with tert-alkyl or cyclic N) is 1. The second kappa shape index (κ2) is 11.4. The van der Waals surface area contributed by atoms with Crippen LogP contribution in [0, 0.1) is 0 Å². The highest BCUT2D eigenvalue weighted by Gasteiger charge is 2.26. The van der Waals surface area contributed by atoms with Crippen LogP contribution in [0.1, 0.15) is 36.6 Å². The molecule has 0 bridgehead atoms. The third-order valence-corrected chi connectivity index (χ3v) is 5.58. The molecule has 4 rings (SSSR count). The molecule has 6 nitrogen and oxygen atoms in total. The van der Waals surface area contributed by atoms with E-state index in [9.17, 15) is 9.90 Å². The van der Waals surface area contributed by atoms with Gasteiger partial charge in [0.25, 0.3) is 5.91 Å². The van der Waals surface area contributed by atoms with Gasteiger partial charge in [0.1, 0.15) is 18.1 Å². The van der Waals surface area contributed by atoms with Crippen molar-refractivity contribution < 1.29 is 19.4 Å². The molecular formula is C27H31ClN2O4. The van der Waals surface area contributed by atoms with Gasteiger partial charge < -0.3 is 25.2 Å². The summed E-state index contributed by atoms with van der Waals surface area (Å²) in [5.41, 5.74) is 3.12. The number of carbonyl (C=O) groups is 1. The Bertz CT molecular complexity index is 1090. The van der Waals surface area contributed by atoms with Crippen LogP contribution in [0.3, 0.4) is 0 Å². The van der Waals surface area contributed by atoms with E-state index in [1.165, 1.54) is 5.56 Å². The van der Waals surface area contributed by atoms with Crippen LogP contribution in [-0.2, 0) is 17.8 Å². The molecule has 0 radical (unpaired) electrons. The monoisotopic (exact) mass is 482 g/mol. The van der Waals surface area contributed by atoms with Gasteiger partial charge in [-0.1, -0.05) is 60.7 Å². The average molecular weight is 483 g/mol. The van der Waals surface area contributed by atoms with E-state index in [1.54, 1.807) is 12.1 Å². The number of carbonyl (C=O) groups excluding carboxylic acids is 1. The van der Waals surface area contributed by atoms with E-state index in [2.05, 4.69) is 36.6 Å². The highest BCUT2D eigenvalue weighted by molar-refractivity contribution is 5.96. The number of aliphatic hydroxyl groups is 1. The summed E-state index contributed by atoms with van der Waals surface area (Å²) in [6.07, 6.45) is -0.0186. The smallest absolute Gasteiger partial charge is 0.262 e. The molecule has 0 aliphatic carbocycles. The first-order chi connectivity index (χ1) is 15.9. The van der Waals surface area contributed by atoms with Crippen molar-refractivity contribution in [3.05, 3.63) is 89.5 Å². The van der Waals surface area contributed by atoms with E-state index < -0.39 is 6.10 Å². The maximum Gasteiger partial charge on any atom is 0.262 e. The van der Waals surface area contributed by atoms with Gasteiger partial charge in [0.2, 0.25) is 0 Å². The number of ether oxygens (including phenoxy) is 2. The molecule has 3 N–H and O–H groups in total. The zero-order chi connectivity index (χ0) is 23.3. The zero-order valence-corrected chi connectivity index (χ0v) is 20.2. The van der Waals surface area contributed by atoms with Crippen molar-refractivity contribution in [3.63, 3.8) is 0 Å². The lowest BCUT2D eigenvalue weighted by molar-refractivity contribution is -0.118. The van der Waals surface area contributed by atoms with Gasteiger partial charge in [-0.2, -0.15) is 0 Å². The largest absolute Gasteiger partial charge is 0.489 e. The molecular weight excluding hydrogens is 452 g/mol. The molecule has 0 saturated carbocycles. The van der Waals surface area contributed by atoms with E-state index in [0.29, 0.717) is 35.9 Å². The number of hydrogen-bond donors (Lipinski definition) is 3. The maximum absolute atomic E-state index is 11.9. The lowest BCUT2D eigenvalue weighted by Crippen LogP contribution is -2.43. The first kappa shape index (κ1) is 25.6. The Hall–Kier alpha value is -3.06. The van der Waals surface area contributed by atoms with E-state index in [4.69, 9.17) is 9.47 Å². The highest BCUT2D eigenvalue weighted by atomic mass is 35.5. The number of halogens is 1. The van der Waals surface area contributed by atoms with E-state index >= 15 is 0 Å². The van der Waals surface area contributed by atoms with Crippen LogP contribution in [0.25, 0.3) is 0 Å². The molecule has 1 aliphatic rings. The van der Waals surface area contributed by atoms with Crippen LogP contribution in [0.2, 0.25) is 0 Å². The molecule has 34 heavy (non-hydrogen) atoms. The summed E-state index contributed by atoms with van der Waals surface area (Å²) in [6, 6.07) is 23.6. The molecule has 0 saturated heterocycles.